The summed E-state index contributed by atoms with van der Waals surface area (Å²) in [5.74, 6) is -0.945. The number of carboxylic acids is 1. The molecule has 0 amide bonds. The van der Waals surface area contributed by atoms with Crippen molar-refractivity contribution in [3.8, 4) is 11.1 Å². The summed E-state index contributed by atoms with van der Waals surface area (Å²) < 4.78 is 0. The van der Waals surface area contributed by atoms with E-state index in [4.69, 9.17) is 0 Å². The van der Waals surface area contributed by atoms with Crippen molar-refractivity contribution in [3.63, 3.8) is 0 Å². The first-order valence-corrected chi connectivity index (χ1v) is 7.62. The van der Waals surface area contributed by atoms with Gasteiger partial charge in [0.15, 0.2) is 0 Å². The molecule has 0 aliphatic heterocycles. The van der Waals surface area contributed by atoms with Crippen LogP contribution in [0.25, 0.3) is 32.9 Å². The summed E-state index contributed by atoms with van der Waals surface area (Å²) in [4.78, 5) is 20.4. The number of hydrogen-bond acceptors (Lipinski definition) is 3. The number of benzene rings is 2. The topological polar surface area (TPSA) is 63.1 Å². The van der Waals surface area contributed by atoms with Crippen molar-refractivity contribution in [2.45, 2.75) is 6.92 Å². The predicted molar refractivity (Wildman–Crippen MR) is 94.2 cm³/mol. The molecule has 2 aromatic carbocycles. The molecular formula is C20H14N2O2. The Morgan fingerprint density at radius 3 is 2.67 bits per heavy atom. The predicted octanol–water partition coefficient (Wildman–Crippen LogP) is 4.46. The summed E-state index contributed by atoms with van der Waals surface area (Å²) in [5, 5.41) is 11.2. The third-order valence-electron chi connectivity index (χ3n) is 4.11. The summed E-state index contributed by atoms with van der Waals surface area (Å²) in [7, 11) is 0. The highest BCUT2D eigenvalue weighted by Gasteiger charge is 2.12. The van der Waals surface area contributed by atoms with Crippen LogP contribution in [0.1, 0.15) is 16.1 Å². The minimum Gasteiger partial charge on any atom is -0.478 e. The van der Waals surface area contributed by atoms with Gasteiger partial charge in [0.05, 0.1) is 16.6 Å². The minimum atomic E-state index is -0.945. The molecule has 2 aromatic heterocycles. The van der Waals surface area contributed by atoms with E-state index in [9.17, 15) is 9.90 Å². The van der Waals surface area contributed by atoms with Gasteiger partial charge in [0, 0.05) is 28.2 Å². The van der Waals surface area contributed by atoms with E-state index in [2.05, 4.69) is 9.97 Å². The molecule has 116 valence electrons. The molecular weight excluding hydrogens is 300 g/mol. The molecule has 4 heteroatoms. The number of aromatic carboxylic acids is 1. The lowest BCUT2D eigenvalue weighted by molar-refractivity contribution is 0.0697. The highest BCUT2D eigenvalue weighted by Crippen LogP contribution is 2.33. The Balaban J connectivity index is 2.11. The number of carbonyl (C=O) groups is 1. The van der Waals surface area contributed by atoms with E-state index in [1.165, 1.54) is 0 Å². The lowest BCUT2D eigenvalue weighted by Gasteiger charge is -2.11. The summed E-state index contributed by atoms with van der Waals surface area (Å²) in [6, 6.07) is 17.0. The number of fused-ring (bicyclic) bond motifs is 2. The lowest BCUT2D eigenvalue weighted by atomic mass is 9.96. The molecule has 4 aromatic rings. The van der Waals surface area contributed by atoms with Crippen LogP contribution < -0.4 is 0 Å². The number of aryl methyl sites for hydroxylation is 1. The maximum absolute atomic E-state index is 11.3. The maximum atomic E-state index is 11.3. The normalized spacial score (nSPS) is 11.0. The molecule has 0 bridgehead atoms. The van der Waals surface area contributed by atoms with Crippen LogP contribution in [0.4, 0.5) is 0 Å². The van der Waals surface area contributed by atoms with Crippen molar-refractivity contribution in [1.82, 2.24) is 9.97 Å². The fourth-order valence-corrected chi connectivity index (χ4v) is 3.04. The van der Waals surface area contributed by atoms with Gasteiger partial charge < -0.3 is 5.11 Å². The molecule has 0 aliphatic rings. The zero-order chi connectivity index (χ0) is 16.7. The molecule has 24 heavy (non-hydrogen) atoms. The van der Waals surface area contributed by atoms with Gasteiger partial charge in [-0.1, -0.05) is 24.3 Å². The van der Waals surface area contributed by atoms with Gasteiger partial charge in [-0.3, -0.25) is 9.97 Å². The fraction of sp³-hybridized carbons (Fsp3) is 0.0500. The van der Waals surface area contributed by atoms with Crippen molar-refractivity contribution in [2.75, 3.05) is 0 Å². The first kappa shape index (κ1) is 14.3. The quantitative estimate of drug-likeness (QED) is 0.593. The van der Waals surface area contributed by atoms with E-state index in [0.717, 1.165) is 38.6 Å². The molecule has 0 fully saturated rings. The molecule has 0 unspecified atom stereocenters. The third kappa shape index (κ3) is 2.29. The number of carboxylic acid groups (broad SMARTS) is 1. The van der Waals surface area contributed by atoms with Gasteiger partial charge in [-0.2, -0.15) is 0 Å². The molecule has 4 rings (SSSR count). The van der Waals surface area contributed by atoms with Crippen molar-refractivity contribution in [3.05, 3.63) is 72.1 Å². The van der Waals surface area contributed by atoms with Crippen LogP contribution in [0.5, 0.6) is 0 Å². The van der Waals surface area contributed by atoms with Crippen LogP contribution >= 0.6 is 0 Å². The average Bonchev–Trinajstić information content (AvgIpc) is 2.60. The van der Waals surface area contributed by atoms with E-state index >= 15 is 0 Å². The smallest absolute Gasteiger partial charge is 0.335 e. The summed E-state index contributed by atoms with van der Waals surface area (Å²) in [5.41, 5.74) is 4.74. The lowest BCUT2D eigenvalue weighted by Crippen LogP contribution is -1.97. The van der Waals surface area contributed by atoms with Crippen LogP contribution in [0.3, 0.4) is 0 Å². The average molecular weight is 314 g/mol. The highest BCUT2D eigenvalue weighted by molar-refractivity contribution is 6.05. The first-order valence-electron chi connectivity index (χ1n) is 7.62. The molecule has 0 saturated carbocycles. The summed E-state index contributed by atoms with van der Waals surface area (Å²) in [6.07, 6.45) is 1.77. The molecule has 0 spiro atoms. The van der Waals surface area contributed by atoms with Crippen LogP contribution in [0, 0.1) is 6.92 Å². The van der Waals surface area contributed by atoms with E-state index in [1.54, 1.807) is 24.4 Å². The van der Waals surface area contributed by atoms with Gasteiger partial charge >= 0.3 is 5.97 Å². The van der Waals surface area contributed by atoms with Gasteiger partial charge in [-0.05, 0) is 42.8 Å². The standard InChI is InChI=1S/C20H14N2O2/c1-12-10-16(15-6-2-4-13-5-3-9-21-19(13)15)17-11-14(20(23)24)7-8-18(17)22-12/h2-11H,1H3,(H,23,24). The van der Waals surface area contributed by atoms with E-state index < -0.39 is 5.97 Å². The van der Waals surface area contributed by atoms with Crippen molar-refractivity contribution in [2.24, 2.45) is 0 Å². The van der Waals surface area contributed by atoms with Crippen molar-refractivity contribution >= 4 is 27.8 Å². The minimum absolute atomic E-state index is 0.252. The fourth-order valence-electron chi connectivity index (χ4n) is 3.04. The first-order chi connectivity index (χ1) is 11.6. The Morgan fingerprint density at radius 2 is 1.83 bits per heavy atom. The number of aromatic nitrogens is 2. The zero-order valence-corrected chi connectivity index (χ0v) is 13.0. The number of hydrogen-bond donors (Lipinski definition) is 1. The SMILES string of the molecule is Cc1cc(-c2cccc3cccnc23)c2cc(C(=O)O)ccc2n1. The number of rotatable bonds is 2. The van der Waals surface area contributed by atoms with E-state index in [0.29, 0.717) is 0 Å². The largest absolute Gasteiger partial charge is 0.478 e. The highest BCUT2D eigenvalue weighted by atomic mass is 16.4. The van der Waals surface area contributed by atoms with Crippen LogP contribution in [-0.4, -0.2) is 21.0 Å². The molecule has 0 radical (unpaired) electrons. The Kier molecular flexibility index (Phi) is 3.24. The molecule has 1 N–H and O–H groups in total. The van der Waals surface area contributed by atoms with Crippen molar-refractivity contribution in [1.29, 1.82) is 0 Å². The zero-order valence-electron chi connectivity index (χ0n) is 13.0. The number of nitrogens with zero attached hydrogens (tertiary/aromatic N) is 2. The number of para-hydroxylation sites is 1. The van der Waals surface area contributed by atoms with Gasteiger partial charge in [-0.25, -0.2) is 4.79 Å². The summed E-state index contributed by atoms with van der Waals surface area (Å²) in [6.45, 7) is 1.94. The molecule has 2 heterocycles. The second kappa shape index (κ2) is 5.42. The number of pyridine rings is 2. The van der Waals surface area contributed by atoms with Crippen molar-refractivity contribution < 1.29 is 9.90 Å². The van der Waals surface area contributed by atoms with Crippen LogP contribution in [-0.2, 0) is 0 Å². The van der Waals surface area contributed by atoms with Crippen LogP contribution in [0.15, 0.2) is 60.8 Å². The Labute approximate surface area is 138 Å². The maximum Gasteiger partial charge on any atom is 0.335 e. The third-order valence-corrected chi connectivity index (χ3v) is 4.11. The van der Waals surface area contributed by atoms with Gasteiger partial charge in [-0.15, -0.1) is 0 Å². The van der Waals surface area contributed by atoms with Gasteiger partial charge in [0.1, 0.15) is 0 Å². The molecule has 4 nitrogen and oxygen atoms in total. The van der Waals surface area contributed by atoms with Crippen LogP contribution in [0.2, 0.25) is 0 Å². The van der Waals surface area contributed by atoms with E-state index in [-0.39, 0.29) is 5.56 Å². The second-order valence-corrected chi connectivity index (χ2v) is 5.73. The molecule has 0 aliphatic carbocycles. The Bertz CT molecular complexity index is 1100. The Morgan fingerprint density at radius 1 is 1.00 bits per heavy atom. The van der Waals surface area contributed by atoms with Gasteiger partial charge in [0.2, 0.25) is 0 Å². The Hall–Kier alpha value is -3.27. The summed E-state index contributed by atoms with van der Waals surface area (Å²) >= 11 is 0. The van der Waals surface area contributed by atoms with Gasteiger partial charge in [0.25, 0.3) is 0 Å². The van der Waals surface area contributed by atoms with E-state index in [1.807, 2.05) is 43.3 Å². The monoisotopic (exact) mass is 314 g/mol. The molecule has 0 saturated heterocycles. The second-order valence-electron chi connectivity index (χ2n) is 5.73. The molecule has 0 atom stereocenters.